The molecule has 0 aliphatic heterocycles. The van der Waals surface area contributed by atoms with E-state index in [0.29, 0.717) is 0 Å². The van der Waals surface area contributed by atoms with E-state index in [1.165, 1.54) is 19.3 Å². The molecule has 0 heterocycles. The highest BCUT2D eigenvalue weighted by Gasteiger charge is 2.26. The van der Waals surface area contributed by atoms with Crippen LogP contribution in [0.3, 0.4) is 0 Å². The number of hydrogen-bond donors (Lipinski definition) is 2. The summed E-state index contributed by atoms with van der Waals surface area (Å²) < 4.78 is 0. The SMILES string of the molecule is CCCNC(C)(CO)CCN(C)C1CCC1. The van der Waals surface area contributed by atoms with Gasteiger partial charge in [-0.25, -0.2) is 0 Å². The summed E-state index contributed by atoms with van der Waals surface area (Å²) in [5.74, 6) is 0. The lowest BCUT2D eigenvalue weighted by Crippen LogP contribution is -2.49. The maximum atomic E-state index is 9.45. The Hall–Kier alpha value is -0.120. The number of aliphatic hydroxyl groups is 1. The Labute approximate surface area is 100 Å². The molecule has 3 nitrogen and oxygen atoms in total. The molecule has 1 fully saturated rings. The Bertz CT molecular complexity index is 194. The van der Waals surface area contributed by atoms with Gasteiger partial charge in [-0.2, -0.15) is 0 Å². The summed E-state index contributed by atoms with van der Waals surface area (Å²) in [5, 5.41) is 12.9. The maximum Gasteiger partial charge on any atom is 0.0611 e. The fourth-order valence-corrected chi connectivity index (χ4v) is 2.08. The molecule has 16 heavy (non-hydrogen) atoms. The van der Waals surface area contributed by atoms with Gasteiger partial charge in [-0.05, 0) is 52.7 Å². The van der Waals surface area contributed by atoms with E-state index in [9.17, 15) is 5.11 Å². The van der Waals surface area contributed by atoms with Crippen LogP contribution in [-0.4, -0.2) is 48.3 Å². The molecule has 3 heteroatoms. The predicted molar refractivity (Wildman–Crippen MR) is 68.7 cm³/mol. The van der Waals surface area contributed by atoms with Crippen LogP contribution in [0.15, 0.2) is 0 Å². The summed E-state index contributed by atoms with van der Waals surface area (Å²) in [6, 6.07) is 0.800. The number of aliphatic hydroxyl groups excluding tert-OH is 1. The minimum Gasteiger partial charge on any atom is -0.394 e. The molecule has 1 rings (SSSR count). The van der Waals surface area contributed by atoms with Crippen molar-refractivity contribution in [3.63, 3.8) is 0 Å². The molecule has 0 aromatic carbocycles. The standard InChI is InChI=1S/C13H28N2O/c1-4-9-14-13(2,11-16)8-10-15(3)12-6-5-7-12/h12,14,16H,4-11H2,1-3H3. The molecule has 0 bridgehead atoms. The Balaban J connectivity index is 2.25. The summed E-state index contributed by atoms with van der Waals surface area (Å²) >= 11 is 0. The first kappa shape index (κ1) is 13.9. The molecule has 0 radical (unpaired) electrons. The fraction of sp³-hybridized carbons (Fsp3) is 1.00. The Morgan fingerprint density at radius 2 is 2.12 bits per heavy atom. The van der Waals surface area contributed by atoms with Crippen molar-refractivity contribution in [2.24, 2.45) is 0 Å². The number of rotatable bonds is 8. The topological polar surface area (TPSA) is 35.5 Å². The minimum atomic E-state index is -0.103. The molecule has 1 unspecified atom stereocenters. The molecular weight excluding hydrogens is 200 g/mol. The van der Waals surface area contributed by atoms with Crippen LogP contribution >= 0.6 is 0 Å². The third kappa shape index (κ3) is 4.04. The van der Waals surface area contributed by atoms with Crippen LogP contribution in [0.1, 0.15) is 46.0 Å². The minimum absolute atomic E-state index is 0.103. The lowest BCUT2D eigenvalue weighted by atomic mass is 9.90. The molecule has 96 valence electrons. The van der Waals surface area contributed by atoms with Gasteiger partial charge in [0.1, 0.15) is 0 Å². The first-order valence-electron chi connectivity index (χ1n) is 6.67. The summed E-state index contributed by atoms with van der Waals surface area (Å²) in [7, 11) is 2.21. The van der Waals surface area contributed by atoms with Gasteiger partial charge in [-0.1, -0.05) is 13.3 Å². The highest BCUT2D eigenvalue weighted by molar-refractivity contribution is 4.85. The van der Waals surface area contributed by atoms with Gasteiger partial charge in [-0.3, -0.25) is 0 Å². The van der Waals surface area contributed by atoms with Crippen LogP contribution in [0, 0.1) is 0 Å². The van der Waals surface area contributed by atoms with Gasteiger partial charge < -0.3 is 15.3 Å². The molecular formula is C13H28N2O. The third-order valence-corrected chi connectivity index (χ3v) is 3.87. The van der Waals surface area contributed by atoms with Crippen LogP contribution in [-0.2, 0) is 0 Å². The van der Waals surface area contributed by atoms with Crippen molar-refractivity contribution in [2.75, 3.05) is 26.7 Å². The second-order valence-electron chi connectivity index (χ2n) is 5.46. The zero-order chi connectivity index (χ0) is 12.0. The molecule has 1 aliphatic rings. The highest BCUT2D eigenvalue weighted by atomic mass is 16.3. The molecule has 0 spiro atoms. The molecule has 1 aliphatic carbocycles. The van der Waals surface area contributed by atoms with Crippen molar-refractivity contribution in [1.29, 1.82) is 0 Å². The zero-order valence-electron chi connectivity index (χ0n) is 11.1. The number of nitrogens with zero attached hydrogens (tertiary/aromatic N) is 1. The zero-order valence-corrected chi connectivity index (χ0v) is 11.1. The van der Waals surface area contributed by atoms with Crippen LogP contribution in [0.25, 0.3) is 0 Å². The number of hydrogen-bond acceptors (Lipinski definition) is 3. The predicted octanol–water partition coefficient (Wildman–Crippen LogP) is 1.61. The summed E-state index contributed by atoms with van der Waals surface area (Å²) in [6.45, 7) is 6.58. The molecule has 0 aromatic rings. The second kappa shape index (κ2) is 6.58. The van der Waals surface area contributed by atoms with Crippen LogP contribution in [0.5, 0.6) is 0 Å². The van der Waals surface area contributed by atoms with Gasteiger partial charge in [0.05, 0.1) is 6.61 Å². The van der Waals surface area contributed by atoms with Crippen molar-refractivity contribution >= 4 is 0 Å². The molecule has 1 saturated carbocycles. The molecule has 2 N–H and O–H groups in total. The van der Waals surface area contributed by atoms with Gasteiger partial charge in [-0.15, -0.1) is 0 Å². The Morgan fingerprint density at radius 1 is 1.44 bits per heavy atom. The normalized spacial score (nSPS) is 20.8. The van der Waals surface area contributed by atoms with E-state index in [4.69, 9.17) is 0 Å². The maximum absolute atomic E-state index is 9.45. The molecule has 1 atom stereocenters. The van der Waals surface area contributed by atoms with Crippen molar-refractivity contribution in [1.82, 2.24) is 10.2 Å². The van der Waals surface area contributed by atoms with E-state index >= 15 is 0 Å². The van der Waals surface area contributed by atoms with Crippen molar-refractivity contribution in [2.45, 2.75) is 57.5 Å². The highest BCUT2D eigenvalue weighted by Crippen LogP contribution is 2.24. The number of nitrogens with one attached hydrogen (secondary N) is 1. The van der Waals surface area contributed by atoms with Crippen LogP contribution in [0.4, 0.5) is 0 Å². The van der Waals surface area contributed by atoms with E-state index in [1.807, 2.05) is 0 Å². The average molecular weight is 228 g/mol. The van der Waals surface area contributed by atoms with Crippen molar-refractivity contribution in [3.8, 4) is 0 Å². The smallest absolute Gasteiger partial charge is 0.0611 e. The summed E-state index contributed by atoms with van der Waals surface area (Å²) in [5.41, 5.74) is -0.103. The quantitative estimate of drug-likeness (QED) is 0.662. The van der Waals surface area contributed by atoms with E-state index in [-0.39, 0.29) is 12.1 Å². The van der Waals surface area contributed by atoms with Crippen LogP contribution < -0.4 is 5.32 Å². The fourth-order valence-electron chi connectivity index (χ4n) is 2.08. The molecule has 0 amide bonds. The van der Waals surface area contributed by atoms with E-state index < -0.39 is 0 Å². The first-order valence-corrected chi connectivity index (χ1v) is 6.67. The Morgan fingerprint density at radius 3 is 2.56 bits per heavy atom. The van der Waals surface area contributed by atoms with Crippen molar-refractivity contribution < 1.29 is 5.11 Å². The lowest BCUT2D eigenvalue weighted by Gasteiger charge is -2.37. The largest absolute Gasteiger partial charge is 0.394 e. The van der Waals surface area contributed by atoms with Gasteiger partial charge >= 0.3 is 0 Å². The van der Waals surface area contributed by atoms with Gasteiger partial charge in [0.15, 0.2) is 0 Å². The van der Waals surface area contributed by atoms with Gasteiger partial charge in [0.2, 0.25) is 0 Å². The second-order valence-corrected chi connectivity index (χ2v) is 5.46. The van der Waals surface area contributed by atoms with Gasteiger partial charge in [0, 0.05) is 11.6 Å². The first-order chi connectivity index (χ1) is 7.61. The molecule has 0 saturated heterocycles. The third-order valence-electron chi connectivity index (χ3n) is 3.87. The van der Waals surface area contributed by atoms with Gasteiger partial charge in [0.25, 0.3) is 0 Å². The van der Waals surface area contributed by atoms with E-state index in [1.54, 1.807) is 0 Å². The molecule has 0 aromatic heterocycles. The summed E-state index contributed by atoms with van der Waals surface area (Å²) in [4.78, 5) is 2.45. The Kier molecular flexibility index (Phi) is 5.73. The van der Waals surface area contributed by atoms with Crippen molar-refractivity contribution in [3.05, 3.63) is 0 Å². The van der Waals surface area contributed by atoms with E-state index in [0.717, 1.165) is 32.0 Å². The average Bonchev–Trinajstić information content (AvgIpc) is 2.21. The summed E-state index contributed by atoms with van der Waals surface area (Å²) in [6.07, 6.45) is 6.24. The van der Waals surface area contributed by atoms with Crippen LogP contribution in [0.2, 0.25) is 0 Å². The lowest BCUT2D eigenvalue weighted by molar-refractivity contribution is 0.116. The monoisotopic (exact) mass is 228 g/mol. The van der Waals surface area contributed by atoms with E-state index in [2.05, 4.69) is 31.1 Å².